The van der Waals surface area contributed by atoms with Crippen molar-refractivity contribution in [3.05, 3.63) is 12.7 Å². The van der Waals surface area contributed by atoms with Gasteiger partial charge in [-0.25, -0.2) is 0 Å². The summed E-state index contributed by atoms with van der Waals surface area (Å²) in [5.74, 6) is 1.59. The van der Waals surface area contributed by atoms with Gasteiger partial charge in [-0.05, 0) is 43.1 Å². The van der Waals surface area contributed by atoms with E-state index >= 15 is 0 Å². The van der Waals surface area contributed by atoms with Gasteiger partial charge in [0.15, 0.2) is 5.78 Å². The number of aliphatic hydroxyl groups excluding tert-OH is 1. The first-order chi connectivity index (χ1) is 7.10. The Morgan fingerprint density at radius 2 is 2.20 bits per heavy atom. The van der Waals surface area contributed by atoms with Crippen LogP contribution in [0.3, 0.4) is 0 Å². The Labute approximate surface area is 92.4 Å². The second-order valence-electron chi connectivity index (χ2n) is 4.97. The summed E-state index contributed by atoms with van der Waals surface area (Å²) in [5.41, 5.74) is 0. The molecule has 3 unspecified atom stereocenters. The van der Waals surface area contributed by atoms with Crippen molar-refractivity contribution in [3.8, 4) is 0 Å². The summed E-state index contributed by atoms with van der Waals surface area (Å²) in [5, 5.41) is 9.32. The molecule has 1 fully saturated rings. The molecule has 2 nitrogen and oxygen atoms in total. The number of rotatable bonds is 4. The number of aliphatic hydroxyl groups is 1. The summed E-state index contributed by atoms with van der Waals surface area (Å²) in [6.45, 7) is 8.09. The summed E-state index contributed by atoms with van der Waals surface area (Å²) in [6, 6.07) is 0. The van der Waals surface area contributed by atoms with Crippen molar-refractivity contribution in [1.82, 2.24) is 0 Å². The Morgan fingerprint density at radius 3 is 2.67 bits per heavy atom. The highest BCUT2D eigenvalue weighted by atomic mass is 16.3. The van der Waals surface area contributed by atoms with E-state index in [0.717, 1.165) is 19.3 Å². The molecule has 0 bridgehead atoms. The largest absolute Gasteiger partial charge is 0.396 e. The number of ketones is 1. The second-order valence-corrected chi connectivity index (χ2v) is 4.97. The van der Waals surface area contributed by atoms with Crippen LogP contribution in [0.4, 0.5) is 0 Å². The quantitative estimate of drug-likeness (QED) is 0.724. The van der Waals surface area contributed by atoms with Gasteiger partial charge in [-0.2, -0.15) is 0 Å². The molecule has 1 N–H and O–H groups in total. The molecule has 86 valence electrons. The fourth-order valence-electron chi connectivity index (χ4n) is 2.63. The molecule has 1 aliphatic rings. The molecule has 1 aliphatic carbocycles. The third kappa shape index (κ3) is 2.91. The van der Waals surface area contributed by atoms with Crippen molar-refractivity contribution >= 4 is 5.78 Å². The molecule has 1 rings (SSSR count). The van der Waals surface area contributed by atoms with Crippen LogP contribution in [0.1, 0.15) is 33.1 Å². The van der Waals surface area contributed by atoms with E-state index in [2.05, 4.69) is 20.4 Å². The van der Waals surface area contributed by atoms with Crippen LogP contribution in [0.2, 0.25) is 0 Å². The average molecular weight is 210 g/mol. The van der Waals surface area contributed by atoms with Gasteiger partial charge in [-0.15, -0.1) is 0 Å². The molecular weight excluding hydrogens is 188 g/mol. The number of hydrogen-bond acceptors (Lipinski definition) is 2. The van der Waals surface area contributed by atoms with E-state index in [1.165, 1.54) is 6.08 Å². The molecule has 3 atom stereocenters. The number of carbonyl (C=O) groups excluding carboxylic acids is 1. The van der Waals surface area contributed by atoms with Gasteiger partial charge in [0, 0.05) is 12.5 Å². The Hall–Kier alpha value is -0.630. The van der Waals surface area contributed by atoms with Gasteiger partial charge in [0.25, 0.3) is 0 Å². The van der Waals surface area contributed by atoms with Gasteiger partial charge in [-0.1, -0.05) is 20.4 Å². The van der Waals surface area contributed by atoms with Crippen LogP contribution >= 0.6 is 0 Å². The van der Waals surface area contributed by atoms with Crippen molar-refractivity contribution < 1.29 is 9.90 Å². The van der Waals surface area contributed by atoms with Crippen molar-refractivity contribution in [2.45, 2.75) is 33.1 Å². The van der Waals surface area contributed by atoms with E-state index in [4.69, 9.17) is 0 Å². The minimum absolute atomic E-state index is 0.0162. The lowest BCUT2D eigenvalue weighted by Crippen LogP contribution is -2.33. The normalized spacial score (nSPS) is 31.6. The van der Waals surface area contributed by atoms with Crippen molar-refractivity contribution in [2.75, 3.05) is 6.61 Å². The number of carbonyl (C=O) groups is 1. The molecule has 0 aromatic heterocycles. The predicted molar refractivity (Wildman–Crippen MR) is 61.4 cm³/mol. The van der Waals surface area contributed by atoms with Gasteiger partial charge >= 0.3 is 0 Å². The maximum atomic E-state index is 11.6. The standard InChI is InChI=1S/C13H22O2/c1-4-13(15)12-6-5-10(9(2)3)7-11(12)8-14/h4,9-12,14H,1,5-8H2,2-3H3. The number of hydrogen-bond donors (Lipinski definition) is 1. The summed E-state index contributed by atoms with van der Waals surface area (Å²) in [4.78, 5) is 11.6. The first kappa shape index (κ1) is 12.4. The maximum absolute atomic E-state index is 11.6. The van der Waals surface area contributed by atoms with E-state index in [-0.39, 0.29) is 24.2 Å². The van der Waals surface area contributed by atoms with Gasteiger partial charge < -0.3 is 5.11 Å². The van der Waals surface area contributed by atoms with E-state index in [0.29, 0.717) is 11.8 Å². The highest BCUT2D eigenvalue weighted by Gasteiger charge is 2.34. The Balaban J connectivity index is 2.64. The highest BCUT2D eigenvalue weighted by Crippen LogP contribution is 2.37. The van der Waals surface area contributed by atoms with Gasteiger partial charge in [0.05, 0.1) is 0 Å². The summed E-state index contributed by atoms with van der Waals surface area (Å²) in [7, 11) is 0. The maximum Gasteiger partial charge on any atom is 0.158 e. The molecule has 0 aromatic rings. The zero-order valence-corrected chi connectivity index (χ0v) is 9.78. The lowest BCUT2D eigenvalue weighted by atomic mass is 9.69. The molecule has 1 saturated carbocycles. The highest BCUT2D eigenvalue weighted by molar-refractivity contribution is 5.91. The zero-order valence-electron chi connectivity index (χ0n) is 9.78. The third-order valence-electron chi connectivity index (χ3n) is 3.77. The van der Waals surface area contributed by atoms with E-state index in [1.54, 1.807) is 0 Å². The molecule has 0 aliphatic heterocycles. The van der Waals surface area contributed by atoms with Crippen LogP contribution < -0.4 is 0 Å². The van der Waals surface area contributed by atoms with Crippen LogP contribution in [-0.2, 0) is 4.79 Å². The Kier molecular flexibility index (Phi) is 4.52. The molecular formula is C13H22O2. The molecule has 0 radical (unpaired) electrons. The van der Waals surface area contributed by atoms with E-state index in [1.807, 2.05) is 0 Å². The molecule has 0 spiro atoms. The summed E-state index contributed by atoms with van der Waals surface area (Å²) in [6.07, 6.45) is 4.42. The Bertz CT molecular complexity index is 233. The van der Waals surface area contributed by atoms with Crippen LogP contribution in [-0.4, -0.2) is 17.5 Å². The molecule has 2 heteroatoms. The minimum atomic E-state index is 0.0162. The second kappa shape index (κ2) is 5.45. The summed E-state index contributed by atoms with van der Waals surface area (Å²) >= 11 is 0. The first-order valence-corrected chi connectivity index (χ1v) is 5.87. The molecule has 0 amide bonds. The van der Waals surface area contributed by atoms with E-state index < -0.39 is 0 Å². The fourth-order valence-corrected chi connectivity index (χ4v) is 2.63. The van der Waals surface area contributed by atoms with E-state index in [9.17, 15) is 9.90 Å². The van der Waals surface area contributed by atoms with Gasteiger partial charge in [-0.3, -0.25) is 4.79 Å². The van der Waals surface area contributed by atoms with Crippen LogP contribution in [0, 0.1) is 23.7 Å². The molecule has 15 heavy (non-hydrogen) atoms. The average Bonchev–Trinajstić information content (AvgIpc) is 2.27. The predicted octanol–water partition coefficient (Wildman–Crippen LogP) is 2.42. The van der Waals surface area contributed by atoms with Crippen molar-refractivity contribution in [2.24, 2.45) is 23.7 Å². The summed E-state index contributed by atoms with van der Waals surface area (Å²) < 4.78 is 0. The number of allylic oxidation sites excluding steroid dienone is 1. The van der Waals surface area contributed by atoms with Crippen molar-refractivity contribution in [1.29, 1.82) is 0 Å². The van der Waals surface area contributed by atoms with Crippen LogP contribution in [0.25, 0.3) is 0 Å². The minimum Gasteiger partial charge on any atom is -0.396 e. The van der Waals surface area contributed by atoms with Crippen LogP contribution in [0.15, 0.2) is 12.7 Å². The fraction of sp³-hybridized carbons (Fsp3) is 0.769. The van der Waals surface area contributed by atoms with Crippen LogP contribution in [0.5, 0.6) is 0 Å². The zero-order chi connectivity index (χ0) is 11.4. The van der Waals surface area contributed by atoms with Gasteiger partial charge in [0.1, 0.15) is 0 Å². The first-order valence-electron chi connectivity index (χ1n) is 5.87. The monoisotopic (exact) mass is 210 g/mol. The molecule has 0 heterocycles. The lowest BCUT2D eigenvalue weighted by Gasteiger charge is -2.35. The topological polar surface area (TPSA) is 37.3 Å². The Morgan fingerprint density at radius 1 is 1.53 bits per heavy atom. The van der Waals surface area contributed by atoms with Gasteiger partial charge in [0.2, 0.25) is 0 Å². The lowest BCUT2D eigenvalue weighted by molar-refractivity contribution is -0.122. The molecule has 0 saturated heterocycles. The van der Waals surface area contributed by atoms with Crippen molar-refractivity contribution in [3.63, 3.8) is 0 Å². The molecule has 0 aromatic carbocycles. The SMILES string of the molecule is C=CC(=O)C1CCC(C(C)C)CC1CO. The third-order valence-corrected chi connectivity index (χ3v) is 3.77. The smallest absolute Gasteiger partial charge is 0.158 e.